The van der Waals surface area contributed by atoms with Gasteiger partial charge in [-0.15, -0.1) is 11.3 Å². The number of thiazole rings is 1. The summed E-state index contributed by atoms with van der Waals surface area (Å²) in [4.78, 5) is 21.5. The van der Waals surface area contributed by atoms with Crippen molar-refractivity contribution in [2.45, 2.75) is 19.4 Å². The highest BCUT2D eigenvalue weighted by Gasteiger charge is 2.33. The third kappa shape index (κ3) is 3.59. The number of pyridine rings is 1. The van der Waals surface area contributed by atoms with E-state index in [1.165, 1.54) is 18.3 Å². The van der Waals surface area contributed by atoms with E-state index in [4.69, 9.17) is 9.72 Å². The van der Waals surface area contributed by atoms with Crippen LogP contribution in [0.15, 0.2) is 66.2 Å². The molecule has 0 aliphatic rings. The van der Waals surface area contributed by atoms with Crippen molar-refractivity contribution in [3.05, 3.63) is 76.7 Å². The first-order chi connectivity index (χ1) is 14.0. The zero-order chi connectivity index (χ0) is 20.4. The number of carbonyl (C=O) groups is 1. The number of amides is 1. The Morgan fingerprint density at radius 3 is 2.59 bits per heavy atom. The second-order valence-corrected chi connectivity index (χ2v) is 7.81. The SMILES string of the molecule is COc1ccc(C(C)(NC(C)=O)c2nc(-c3cccc4cccnc34)cs2)cc1. The molecule has 0 saturated heterocycles. The highest BCUT2D eigenvalue weighted by Crippen LogP contribution is 2.36. The summed E-state index contributed by atoms with van der Waals surface area (Å²) in [6.45, 7) is 3.49. The normalized spacial score (nSPS) is 13.1. The third-order valence-electron chi connectivity index (χ3n) is 4.93. The van der Waals surface area contributed by atoms with Gasteiger partial charge in [-0.3, -0.25) is 9.78 Å². The number of hydrogen-bond acceptors (Lipinski definition) is 5. The lowest BCUT2D eigenvalue weighted by molar-refractivity contribution is -0.120. The number of benzene rings is 2. The van der Waals surface area contributed by atoms with Crippen molar-refractivity contribution < 1.29 is 9.53 Å². The van der Waals surface area contributed by atoms with Crippen LogP contribution in [0.4, 0.5) is 0 Å². The Kier molecular flexibility index (Phi) is 5.03. The molecule has 2 heterocycles. The number of nitrogens with one attached hydrogen (secondary N) is 1. The van der Waals surface area contributed by atoms with Gasteiger partial charge < -0.3 is 10.1 Å². The van der Waals surface area contributed by atoms with Crippen LogP contribution in [0.2, 0.25) is 0 Å². The molecule has 1 amide bonds. The van der Waals surface area contributed by atoms with Crippen molar-refractivity contribution in [2.24, 2.45) is 0 Å². The fourth-order valence-electron chi connectivity index (χ4n) is 3.46. The van der Waals surface area contributed by atoms with E-state index in [-0.39, 0.29) is 5.91 Å². The molecule has 4 rings (SSSR count). The van der Waals surface area contributed by atoms with E-state index in [1.807, 2.05) is 66.9 Å². The van der Waals surface area contributed by atoms with Gasteiger partial charge in [-0.2, -0.15) is 0 Å². The standard InChI is InChI=1S/C23H21N3O2S/c1-15(27)26-23(2,17-9-11-18(28-3)12-10-17)22-25-20(14-29-22)19-8-4-6-16-7-5-13-24-21(16)19/h4-14H,1-3H3,(H,26,27). The molecule has 6 heteroatoms. The van der Waals surface area contributed by atoms with E-state index >= 15 is 0 Å². The molecule has 0 aliphatic carbocycles. The van der Waals surface area contributed by atoms with Gasteiger partial charge in [-0.05, 0) is 30.7 Å². The molecular formula is C23H21N3O2S. The molecule has 1 unspecified atom stereocenters. The molecule has 0 bridgehead atoms. The first-order valence-electron chi connectivity index (χ1n) is 9.24. The zero-order valence-corrected chi connectivity index (χ0v) is 17.3. The van der Waals surface area contributed by atoms with Gasteiger partial charge in [-0.1, -0.05) is 36.4 Å². The Balaban J connectivity index is 1.80. The maximum atomic E-state index is 12.0. The maximum Gasteiger partial charge on any atom is 0.217 e. The Morgan fingerprint density at radius 2 is 1.86 bits per heavy atom. The minimum absolute atomic E-state index is 0.119. The summed E-state index contributed by atoms with van der Waals surface area (Å²) in [5, 5.41) is 6.97. The number of hydrogen-bond donors (Lipinski definition) is 1. The molecule has 29 heavy (non-hydrogen) atoms. The minimum atomic E-state index is -0.751. The Bertz CT molecular complexity index is 1160. The van der Waals surface area contributed by atoms with E-state index in [0.29, 0.717) is 0 Å². The van der Waals surface area contributed by atoms with Gasteiger partial charge in [-0.25, -0.2) is 4.98 Å². The van der Waals surface area contributed by atoms with Gasteiger partial charge in [0.25, 0.3) is 0 Å². The van der Waals surface area contributed by atoms with Gasteiger partial charge in [0.05, 0.1) is 18.3 Å². The van der Waals surface area contributed by atoms with E-state index < -0.39 is 5.54 Å². The Hall–Kier alpha value is -3.25. The first kappa shape index (κ1) is 19.1. The summed E-state index contributed by atoms with van der Waals surface area (Å²) < 4.78 is 5.26. The van der Waals surface area contributed by atoms with Crippen LogP contribution >= 0.6 is 11.3 Å². The maximum absolute atomic E-state index is 12.0. The molecule has 146 valence electrons. The van der Waals surface area contributed by atoms with E-state index in [9.17, 15) is 4.79 Å². The molecule has 2 aromatic heterocycles. The molecular weight excluding hydrogens is 382 g/mol. The third-order valence-corrected chi connectivity index (χ3v) is 6.00. The molecule has 0 saturated carbocycles. The number of para-hydroxylation sites is 1. The Morgan fingerprint density at radius 1 is 1.10 bits per heavy atom. The van der Waals surface area contributed by atoms with Crippen molar-refractivity contribution >= 4 is 28.1 Å². The summed E-state index contributed by atoms with van der Waals surface area (Å²) in [6.07, 6.45) is 1.79. The van der Waals surface area contributed by atoms with Crippen LogP contribution in [-0.4, -0.2) is 23.0 Å². The quantitative estimate of drug-likeness (QED) is 0.521. The monoisotopic (exact) mass is 403 g/mol. The van der Waals surface area contributed by atoms with Crippen LogP contribution in [0.5, 0.6) is 5.75 Å². The number of rotatable bonds is 5. The van der Waals surface area contributed by atoms with Gasteiger partial charge in [0, 0.05) is 29.5 Å². The van der Waals surface area contributed by atoms with E-state index in [2.05, 4.69) is 10.3 Å². The largest absolute Gasteiger partial charge is 0.497 e. The predicted molar refractivity (Wildman–Crippen MR) is 116 cm³/mol. The van der Waals surface area contributed by atoms with Crippen LogP contribution in [-0.2, 0) is 10.3 Å². The van der Waals surface area contributed by atoms with Gasteiger partial charge in [0.2, 0.25) is 5.91 Å². The summed E-state index contributed by atoms with van der Waals surface area (Å²) in [5.41, 5.74) is 2.92. The topological polar surface area (TPSA) is 64.1 Å². The van der Waals surface area contributed by atoms with Crippen molar-refractivity contribution in [3.8, 4) is 17.0 Å². The second kappa shape index (κ2) is 7.64. The Labute approximate surface area is 173 Å². The summed E-state index contributed by atoms with van der Waals surface area (Å²) in [7, 11) is 1.63. The fraction of sp³-hybridized carbons (Fsp3) is 0.174. The van der Waals surface area contributed by atoms with Crippen molar-refractivity contribution in [2.75, 3.05) is 7.11 Å². The summed E-state index contributed by atoms with van der Waals surface area (Å²) >= 11 is 1.52. The van der Waals surface area contributed by atoms with E-state index in [1.54, 1.807) is 13.3 Å². The minimum Gasteiger partial charge on any atom is -0.497 e. The van der Waals surface area contributed by atoms with Crippen molar-refractivity contribution in [1.29, 1.82) is 0 Å². The second-order valence-electron chi connectivity index (χ2n) is 6.95. The van der Waals surface area contributed by atoms with Gasteiger partial charge in [0.15, 0.2) is 0 Å². The lowest BCUT2D eigenvalue weighted by atomic mass is 9.92. The molecule has 5 nitrogen and oxygen atoms in total. The number of ether oxygens (including phenoxy) is 1. The number of methoxy groups -OCH3 is 1. The zero-order valence-electron chi connectivity index (χ0n) is 16.5. The summed E-state index contributed by atoms with van der Waals surface area (Å²) in [6, 6.07) is 17.7. The highest BCUT2D eigenvalue weighted by molar-refractivity contribution is 7.10. The van der Waals surface area contributed by atoms with Gasteiger partial charge >= 0.3 is 0 Å². The number of aromatic nitrogens is 2. The lowest BCUT2D eigenvalue weighted by Gasteiger charge is -2.29. The van der Waals surface area contributed by atoms with Crippen LogP contribution in [0.3, 0.4) is 0 Å². The van der Waals surface area contributed by atoms with Gasteiger partial charge in [0.1, 0.15) is 16.3 Å². The molecule has 0 radical (unpaired) electrons. The predicted octanol–water partition coefficient (Wildman–Crippen LogP) is 4.77. The lowest BCUT2D eigenvalue weighted by Crippen LogP contribution is -2.43. The molecule has 1 N–H and O–H groups in total. The summed E-state index contributed by atoms with van der Waals surface area (Å²) in [5.74, 6) is 0.646. The van der Waals surface area contributed by atoms with Crippen molar-refractivity contribution in [3.63, 3.8) is 0 Å². The molecule has 2 aromatic carbocycles. The first-order valence-corrected chi connectivity index (χ1v) is 10.1. The smallest absolute Gasteiger partial charge is 0.217 e. The average molecular weight is 404 g/mol. The van der Waals surface area contributed by atoms with E-state index in [0.717, 1.165) is 38.5 Å². The molecule has 0 fully saturated rings. The molecule has 4 aromatic rings. The number of nitrogens with zero attached hydrogens (tertiary/aromatic N) is 2. The van der Waals surface area contributed by atoms with Crippen molar-refractivity contribution in [1.82, 2.24) is 15.3 Å². The average Bonchev–Trinajstić information content (AvgIpc) is 3.23. The number of carbonyl (C=O) groups excluding carboxylic acids is 1. The van der Waals surface area contributed by atoms with Crippen LogP contribution < -0.4 is 10.1 Å². The molecule has 0 aliphatic heterocycles. The molecule has 0 spiro atoms. The highest BCUT2D eigenvalue weighted by atomic mass is 32.1. The van der Waals surface area contributed by atoms with Crippen LogP contribution in [0.25, 0.3) is 22.2 Å². The molecule has 1 atom stereocenters. The van der Waals surface area contributed by atoms with Crippen LogP contribution in [0, 0.1) is 0 Å². The number of fused-ring (bicyclic) bond motifs is 1. The fourth-order valence-corrected chi connectivity index (χ4v) is 4.42. The van der Waals surface area contributed by atoms with Crippen LogP contribution in [0.1, 0.15) is 24.4 Å².